The van der Waals surface area contributed by atoms with Gasteiger partial charge in [0.05, 0.1) is 18.7 Å². The third-order valence-electron chi connectivity index (χ3n) is 3.88. The first-order valence-corrected chi connectivity index (χ1v) is 7.47. The van der Waals surface area contributed by atoms with Crippen molar-refractivity contribution in [2.45, 2.75) is 38.6 Å². The minimum Gasteiger partial charge on any atom is -0.350 e. The van der Waals surface area contributed by atoms with Gasteiger partial charge in [-0.2, -0.15) is 5.10 Å². The van der Waals surface area contributed by atoms with Crippen LogP contribution in [0, 0.1) is 6.92 Å². The number of aromatic nitrogens is 2. The van der Waals surface area contributed by atoms with E-state index < -0.39 is 0 Å². The molecular formula is C17H21N3O. The minimum atomic E-state index is 0.0409. The van der Waals surface area contributed by atoms with Crippen molar-refractivity contribution < 1.29 is 4.79 Å². The first kappa shape index (κ1) is 13.9. The third kappa shape index (κ3) is 3.51. The number of amides is 1. The average molecular weight is 283 g/mol. The van der Waals surface area contributed by atoms with Crippen molar-refractivity contribution in [1.82, 2.24) is 15.1 Å². The molecule has 1 fully saturated rings. The molecule has 1 aliphatic carbocycles. The highest BCUT2D eigenvalue weighted by Gasteiger charge is 2.27. The van der Waals surface area contributed by atoms with Crippen molar-refractivity contribution in [1.29, 1.82) is 0 Å². The summed E-state index contributed by atoms with van der Waals surface area (Å²) in [6, 6.07) is 10.2. The summed E-state index contributed by atoms with van der Waals surface area (Å²) in [6.45, 7) is 2.54. The van der Waals surface area contributed by atoms with Gasteiger partial charge in [0, 0.05) is 18.7 Å². The molecule has 0 spiro atoms. The van der Waals surface area contributed by atoms with E-state index in [1.807, 2.05) is 42.9 Å². The summed E-state index contributed by atoms with van der Waals surface area (Å²) in [5.74, 6) is 0.721. The molecule has 2 aromatic rings. The number of rotatable bonds is 5. The zero-order chi connectivity index (χ0) is 14.8. The van der Waals surface area contributed by atoms with E-state index in [4.69, 9.17) is 0 Å². The van der Waals surface area contributed by atoms with Gasteiger partial charge in [0.2, 0.25) is 5.91 Å². The molecule has 0 atom stereocenters. The molecule has 0 aliphatic heterocycles. The van der Waals surface area contributed by atoms with Crippen LogP contribution in [0.3, 0.4) is 0 Å². The molecule has 21 heavy (non-hydrogen) atoms. The number of carbonyl (C=O) groups excluding carboxylic acids is 1. The molecular weight excluding hydrogens is 262 g/mol. The molecule has 4 nitrogen and oxygen atoms in total. The Morgan fingerprint density at radius 2 is 2.19 bits per heavy atom. The van der Waals surface area contributed by atoms with E-state index in [9.17, 15) is 4.79 Å². The summed E-state index contributed by atoms with van der Waals surface area (Å²) in [7, 11) is 1.98. The predicted molar refractivity (Wildman–Crippen MR) is 81.9 cm³/mol. The molecule has 0 radical (unpaired) electrons. The lowest BCUT2D eigenvalue weighted by atomic mass is 10.1. The maximum atomic E-state index is 12.0. The summed E-state index contributed by atoms with van der Waals surface area (Å²) in [5.41, 5.74) is 4.46. The Kier molecular flexibility index (Phi) is 3.78. The predicted octanol–water partition coefficient (Wildman–Crippen LogP) is 2.46. The van der Waals surface area contributed by atoms with Crippen LogP contribution < -0.4 is 5.32 Å². The first-order valence-electron chi connectivity index (χ1n) is 7.47. The Bertz CT molecular complexity index is 656. The minimum absolute atomic E-state index is 0.0409. The summed E-state index contributed by atoms with van der Waals surface area (Å²) in [5, 5.41) is 7.42. The molecule has 0 unspecified atom stereocenters. The van der Waals surface area contributed by atoms with Crippen molar-refractivity contribution in [2.75, 3.05) is 0 Å². The Balaban J connectivity index is 1.54. The largest absolute Gasteiger partial charge is 0.350 e. The molecule has 0 saturated heterocycles. The number of nitrogens with one attached hydrogen (secondary N) is 1. The lowest BCUT2D eigenvalue weighted by Gasteiger charge is -2.04. The maximum absolute atomic E-state index is 12.0. The lowest BCUT2D eigenvalue weighted by Crippen LogP contribution is -2.24. The highest BCUT2D eigenvalue weighted by Crippen LogP contribution is 2.39. The van der Waals surface area contributed by atoms with E-state index in [1.165, 1.54) is 24.1 Å². The van der Waals surface area contributed by atoms with E-state index in [2.05, 4.69) is 16.5 Å². The van der Waals surface area contributed by atoms with Gasteiger partial charge in [-0.1, -0.05) is 29.8 Å². The van der Waals surface area contributed by atoms with Gasteiger partial charge < -0.3 is 5.32 Å². The Labute approximate surface area is 125 Å². The van der Waals surface area contributed by atoms with E-state index >= 15 is 0 Å². The number of benzene rings is 1. The second kappa shape index (κ2) is 5.72. The van der Waals surface area contributed by atoms with Gasteiger partial charge in [0.15, 0.2) is 0 Å². The summed E-state index contributed by atoms with van der Waals surface area (Å²) in [4.78, 5) is 12.0. The fraction of sp³-hybridized carbons (Fsp3) is 0.412. The number of carbonyl (C=O) groups is 1. The highest BCUT2D eigenvalue weighted by molar-refractivity contribution is 5.78. The second-order valence-corrected chi connectivity index (χ2v) is 5.90. The normalized spacial score (nSPS) is 14.2. The SMILES string of the molecule is Cc1cccc(CC(=O)NCc2cc(C3CC3)n(C)n2)c1. The van der Waals surface area contributed by atoms with Crippen LogP contribution in [0.4, 0.5) is 0 Å². The van der Waals surface area contributed by atoms with Crippen molar-refractivity contribution in [3.8, 4) is 0 Å². The molecule has 1 heterocycles. The topological polar surface area (TPSA) is 46.9 Å². The Hall–Kier alpha value is -2.10. The Morgan fingerprint density at radius 1 is 1.38 bits per heavy atom. The van der Waals surface area contributed by atoms with Gasteiger partial charge >= 0.3 is 0 Å². The number of hydrogen-bond acceptors (Lipinski definition) is 2. The van der Waals surface area contributed by atoms with Crippen LogP contribution in [0.15, 0.2) is 30.3 Å². The fourth-order valence-corrected chi connectivity index (χ4v) is 2.65. The first-order chi connectivity index (χ1) is 10.1. The molecule has 0 bridgehead atoms. The van der Waals surface area contributed by atoms with Crippen molar-refractivity contribution >= 4 is 5.91 Å². The van der Waals surface area contributed by atoms with Gasteiger partial charge in [0.25, 0.3) is 0 Å². The second-order valence-electron chi connectivity index (χ2n) is 5.90. The average Bonchev–Trinajstić information content (AvgIpc) is 3.20. The standard InChI is InChI=1S/C17H21N3O/c1-12-4-3-5-13(8-12)9-17(21)18-11-15-10-16(14-6-7-14)20(2)19-15/h3-5,8,10,14H,6-7,9,11H2,1-2H3,(H,18,21). The molecule has 110 valence electrons. The van der Waals surface area contributed by atoms with Gasteiger partial charge in [0.1, 0.15) is 0 Å². The van der Waals surface area contributed by atoms with Crippen molar-refractivity contribution in [2.24, 2.45) is 7.05 Å². The monoisotopic (exact) mass is 283 g/mol. The third-order valence-corrected chi connectivity index (χ3v) is 3.88. The zero-order valence-electron chi connectivity index (χ0n) is 12.6. The zero-order valence-corrected chi connectivity index (χ0v) is 12.6. The molecule has 1 amide bonds. The molecule has 4 heteroatoms. The summed E-state index contributed by atoms with van der Waals surface area (Å²) >= 11 is 0. The summed E-state index contributed by atoms with van der Waals surface area (Å²) in [6.07, 6.45) is 2.95. The molecule has 1 aromatic carbocycles. The van der Waals surface area contributed by atoms with E-state index in [0.717, 1.165) is 11.3 Å². The van der Waals surface area contributed by atoms with Crippen LogP contribution in [0.1, 0.15) is 41.3 Å². The van der Waals surface area contributed by atoms with E-state index in [-0.39, 0.29) is 5.91 Å². The highest BCUT2D eigenvalue weighted by atomic mass is 16.1. The van der Waals surface area contributed by atoms with Crippen molar-refractivity contribution in [3.63, 3.8) is 0 Å². The Morgan fingerprint density at radius 3 is 2.90 bits per heavy atom. The van der Waals surface area contributed by atoms with E-state index in [1.54, 1.807) is 0 Å². The van der Waals surface area contributed by atoms with Crippen LogP contribution in [0.2, 0.25) is 0 Å². The fourth-order valence-electron chi connectivity index (χ4n) is 2.65. The van der Waals surface area contributed by atoms with Gasteiger partial charge in [-0.15, -0.1) is 0 Å². The van der Waals surface area contributed by atoms with Crippen LogP contribution in [0.25, 0.3) is 0 Å². The number of hydrogen-bond donors (Lipinski definition) is 1. The number of aryl methyl sites for hydroxylation is 2. The molecule has 1 aromatic heterocycles. The molecule has 1 aliphatic rings. The van der Waals surface area contributed by atoms with Crippen LogP contribution in [0.5, 0.6) is 0 Å². The molecule has 3 rings (SSSR count). The molecule has 1 N–H and O–H groups in total. The maximum Gasteiger partial charge on any atom is 0.224 e. The molecule has 1 saturated carbocycles. The quantitative estimate of drug-likeness (QED) is 0.916. The van der Waals surface area contributed by atoms with E-state index in [0.29, 0.717) is 18.9 Å². The summed E-state index contributed by atoms with van der Waals surface area (Å²) < 4.78 is 1.94. The van der Waals surface area contributed by atoms with Crippen molar-refractivity contribution in [3.05, 3.63) is 52.8 Å². The lowest BCUT2D eigenvalue weighted by molar-refractivity contribution is -0.120. The smallest absolute Gasteiger partial charge is 0.224 e. The number of nitrogens with zero attached hydrogens (tertiary/aromatic N) is 2. The van der Waals surface area contributed by atoms with Gasteiger partial charge in [-0.05, 0) is 31.4 Å². The van der Waals surface area contributed by atoms with Crippen LogP contribution in [-0.4, -0.2) is 15.7 Å². The van der Waals surface area contributed by atoms with Crippen LogP contribution in [-0.2, 0) is 24.8 Å². The van der Waals surface area contributed by atoms with Gasteiger partial charge in [-0.3, -0.25) is 9.48 Å². The van der Waals surface area contributed by atoms with Gasteiger partial charge in [-0.25, -0.2) is 0 Å². The van der Waals surface area contributed by atoms with Crippen LogP contribution >= 0.6 is 0 Å².